The number of hydrogen-bond acceptors (Lipinski definition) is 4. The summed E-state index contributed by atoms with van der Waals surface area (Å²) in [6.45, 7) is 6.89. The molecule has 0 saturated carbocycles. The van der Waals surface area contributed by atoms with E-state index in [2.05, 4.69) is 10.3 Å². The Morgan fingerprint density at radius 1 is 1.24 bits per heavy atom. The first kappa shape index (κ1) is 16.9. The predicted molar refractivity (Wildman–Crippen MR) is 84.3 cm³/mol. The smallest absolute Gasteiger partial charge is 0.203 e. The van der Waals surface area contributed by atoms with E-state index in [4.69, 9.17) is 19.9 Å². The zero-order valence-electron chi connectivity index (χ0n) is 13.4. The van der Waals surface area contributed by atoms with Gasteiger partial charge in [0, 0.05) is 6.04 Å². The van der Waals surface area contributed by atoms with Crippen molar-refractivity contribution in [1.82, 2.24) is 5.32 Å². The highest BCUT2D eigenvalue weighted by Gasteiger charge is 2.13. The van der Waals surface area contributed by atoms with E-state index in [9.17, 15) is 0 Å². The van der Waals surface area contributed by atoms with Gasteiger partial charge in [0.15, 0.2) is 17.5 Å². The molecule has 1 aromatic carbocycles. The summed E-state index contributed by atoms with van der Waals surface area (Å²) in [4.78, 5) is 4.29. The molecule has 3 N–H and O–H groups in total. The highest BCUT2D eigenvalue weighted by molar-refractivity contribution is 5.78. The van der Waals surface area contributed by atoms with E-state index in [1.54, 1.807) is 14.2 Å². The Labute approximate surface area is 126 Å². The Balaban J connectivity index is 2.98. The van der Waals surface area contributed by atoms with E-state index in [0.717, 1.165) is 5.56 Å². The number of rotatable bonds is 7. The molecule has 6 heteroatoms. The van der Waals surface area contributed by atoms with Crippen LogP contribution in [0.15, 0.2) is 17.1 Å². The van der Waals surface area contributed by atoms with Crippen LogP contribution in [-0.2, 0) is 6.54 Å². The summed E-state index contributed by atoms with van der Waals surface area (Å²) in [6.07, 6.45) is 0. The molecule has 0 fully saturated rings. The third kappa shape index (κ3) is 5.06. The van der Waals surface area contributed by atoms with Gasteiger partial charge >= 0.3 is 0 Å². The minimum Gasteiger partial charge on any atom is -0.493 e. The molecule has 1 aromatic rings. The number of nitrogens with zero attached hydrogens (tertiary/aromatic N) is 1. The van der Waals surface area contributed by atoms with Crippen LogP contribution in [0.2, 0.25) is 0 Å². The maximum Gasteiger partial charge on any atom is 0.203 e. The molecule has 1 rings (SSSR count). The van der Waals surface area contributed by atoms with Gasteiger partial charge in [-0.25, -0.2) is 4.99 Å². The average Bonchev–Trinajstić information content (AvgIpc) is 2.45. The highest BCUT2D eigenvalue weighted by atomic mass is 16.5. The van der Waals surface area contributed by atoms with Crippen molar-refractivity contribution in [3.05, 3.63) is 17.7 Å². The van der Waals surface area contributed by atoms with E-state index >= 15 is 0 Å². The van der Waals surface area contributed by atoms with Crippen molar-refractivity contribution in [3.63, 3.8) is 0 Å². The lowest BCUT2D eigenvalue weighted by Crippen LogP contribution is -2.36. The Morgan fingerprint density at radius 3 is 2.24 bits per heavy atom. The number of nitrogens with two attached hydrogens (primary N) is 1. The second-order valence-corrected chi connectivity index (χ2v) is 4.76. The molecule has 0 bridgehead atoms. The molecule has 0 radical (unpaired) electrons. The Kier molecular flexibility index (Phi) is 6.65. The summed E-state index contributed by atoms with van der Waals surface area (Å²) >= 11 is 0. The molecule has 0 aliphatic rings. The molecule has 0 saturated heterocycles. The summed E-state index contributed by atoms with van der Waals surface area (Å²) in [6, 6.07) is 4.00. The van der Waals surface area contributed by atoms with Crippen LogP contribution in [0, 0.1) is 0 Å². The topological polar surface area (TPSA) is 78.1 Å². The maximum absolute atomic E-state index is 5.79. The van der Waals surface area contributed by atoms with Gasteiger partial charge in [0.25, 0.3) is 0 Å². The van der Waals surface area contributed by atoms with E-state index in [-0.39, 0.29) is 6.04 Å². The molecule has 0 aliphatic heterocycles. The van der Waals surface area contributed by atoms with Gasteiger partial charge < -0.3 is 25.3 Å². The van der Waals surface area contributed by atoms with Gasteiger partial charge in [-0.2, -0.15) is 0 Å². The Bertz CT molecular complexity index is 462. The van der Waals surface area contributed by atoms with Crippen molar-refractivity contribution in [2.45, 2.75) is 33.4 Å². The lowest BCUT2D eigenvalue weighted by molar-refractivity contribution is 0.288. The molecule has 0 aromatic heterocycles. The van der Waals surface area contributed by atoms with E-state index in [1.807, 2.05) is 32.9 Å². The fraction of sp³-hybridized carbons (Fsp3) is 0.533. The van der Waals surface area contributed by atoms with E-state index in [0.29, 0.717) is 36.4 Å². The van der Waals surface area contributed by atoms with Gasteiger partial charge in [-0.1, -0.05) is 0 Å². The van der Waals surface area contributed by atoms with Crippen molar-refractivity contribution in [1.29, 1.82) is 0 Å². The van der Waals surface area contributed by atoms with Crippen LogP contribution in [0.3, 0.4) is 0 Å². The van der Waals surface area contributed by atoms with Crippen LogP contribution < -0.4 is 25.3 Å². The van der Waals surface area contributed by atoms with Gasteiger partial charge in [0.2, 0.25) is 5.75 Å². The van der Waals surface area contributed by atoms with Crippen molar-refractivity contribution >= 4 is 5.96 Å². The normalized spacial score (nSPS) is 11.4. The first-order valence-corrected chi connectivity index (χ1v) is 6.95. The SMILES string of the molecule is CCOc1c(OC)cc(CN=C(N)NC(C)C)cc1OC. The van der Waals surface area contributed by atoms with E-state index < -0.39 is 0 Å². The minimum absolute atomic E-state index is 0.248. The molecule has 6 nitrogen and oxygen atoms in total. The van der Waals surface area contributed by atoms with Crippen molar-refractivity contribution < 1.29 is 14.2 Å². The number of methoxy groups -OCH3 is 2. The summed E-state index contributed by atoms with van der Waals surface area (Å²) in [7, 11) is 3.19. The molecule has 118 valence electrons. The third-order valence-corrected chi connectivity index (χ3v) is 2.68. The number of ether oxygens (including phenoxy) is 3. The molecule has 0 amide bonds. The van der Waals surface area contributed by atoms with Crippen LogP contribution in [0.5, 0.6) is 17.2 Å². The van der Waals surface area contributed by atoms with Crippen LogP contribution in [0.1, 0.15) is 26.3 Å². The average molecular weight is 295 g/mol. The molecule has 21 heavy (non-hydrogen) atoms. The van der Waals surface area contributed by atoms with Crippen LogP contribution in [-0.4, -0.2) is 32.8 Å². The largest absolute Gasteiger partial charge is 0.493 e. The fourth-order valence-electron chi connectivity index (χ4n) is 1.83. The van der Waals surface area contributed by atoms with Crippen molar-refractivity contribution in [2.24, 2.45) is 10.7 Å². The van der Waals surface area contributed by atoms with Gasteiger partial charge in [0.1, 0.15) is 0 Å². The molecular formula is C15H25N3O3. The van der Waals surface area contributed by atoms with Crippen LogP contribution >= 0.6 is 0 Å². The number of guanidine groups is 1. The highest BCUT2D eigenvalue weighted by Crippen LogP contribution is 2.38. The summed E-state index contributed by atoms with van der Waals surface area (Å²) in [5, 5.41) is 3.04. The lowest BCUT2D eigenvalue weighted by Gasteiger charge is -2.15. The zero-order valence-corrected chi connectivity index (χ0v) is 13.4. The number of aliphatic imine (C=N–C) groups is 1. The maximum atomic E-state index is 5.79. The summed E-state index contributed by atoms with van der Waals surface area (Å²) in [5.41, 5.74) is 6.72. The Hall–Kier alpha value is -2.11. The molecular weight excluding hydrogens is 270 g/mol. The second-order valence-electron chi connectivity index (χ2n) is 4.76. The van der Waals surface area contributed by atoms with Crippen LogP contribution in [0.25, 0.3) is 0 Å². The van der Waals surface area contributed by atoms with Gasteiger partial charge in [-0.15, -0.1) is 0 Å². The van der Waals surface area contributed by atoms with E-state index in [1.165, 1.54) is 0 Å². The second kappa shape index (κ2) is 8.24. The summed E-state index contributed by atoms with van der Waals surface area (Å²) < 4.78 is 16.3. The summed E-state index contributed by atoms with van der Waals surface area (Å²) in [5.74, 6) is 2.26. The molecule has 0 unspecified atom stereocenters. The monoisotopic (exact) mass is 295 g/mol. The quantitative estimate of drug-likeness (QED) is 0.593. The third-order valence-electron chi connectivity index (χ3n) is 2.68. The minimum atomic E-state index is 0.248. The molecule has 0 atom stereocenters. The lowest BCUT2D eigenvalue weighted by atomic mass is 10.2. The number of benzene rings is 1. The van der Waals surface area contributed by atoms with Gasteiger partial charge in [0.05, 0.1) is 27.4 Å². The van der Waals surface area contributed by atoms with Gasteiger partial charge in [-0.05, 0) is 38.5 Å². The predicted octanol–water partition coefficient (Wildman–Crippen LogP) is 1.92. The molecule has 0 aliphatic carbocycles. The first-order valence-electron chi connectivity index (χ1n) is 6.95. The van der Waals surface area contributed by atoms with Crippen LogP contribution in [0.4, 0.5) is 0 Å². The standard InChI is InChI=1S/C15H25N3O3/c1-6-21-14-12(19-4)7-11(8-13(14)20-5)9-17-15(16)18-10(2)3/h7-8,10H,6,9H2,1-5H3,(H3,16,17,18). The Morgan fingerprint density at radius 2 is 1.81 bits per heavy atom. The van der Waals surface area contributed by atoms with Crippen molar-refractivity contribution in [2.75, 3.05) is 20.8 Å². The van der Waals surface area contributed by atoms with Gasteiger partial charge in [-0.3, -0.25) is 0 Å². The first-order chi connectivity index (χ1) is 10.0. The number of nitrogens with one attached hydrogen (secondary N) is 1. The number of hydrogen-bond donors (Lipinski definition) is 2. The molecule has 0 spiro atoms. The zero-order chi connectivity index (χ0) is 15.8. The fourth-order valence-corrected chi connectivity index (χ4v) is 1.83. The molecule has 0 heterocycles. The van der Waals surface area contributed by atoms with Crippen molar-refractivity contribution in [3.8, 4) is 17.2 Å².